The van der Waals surface area contributed by atoms with Crippen LogP contribution in [-0.4, -0.2) is 15.0 Å². The van der Waals surface area contributed by atoms with Gasteiger partial charge in [0.05, 0.1) is 22.4 Å². The highest BCUT2D eigenvalue weighted by molar-refractivity contribution is 9.10. The number of rotatable bonds is 2. The maximum atomic E-state index is 6.41. The second-order valence-electron chi connectivity index (χ2n) is 4.50. The number of thioether (sulfide) groups is 1. The number of nitrogens with zero attached hydrogens (tertiary/aromatic N) is 2. The number of aromatic nitrogens is 2. The molecule has 0 spiro atoms. The van der Waals surface area contributed by atoms with Crippen molar-refractivity contribution in [2.45, 2.75) is 22.6 Å². The molecule has 1 aromatic heterocycles. The molecule has 2 atom stereocenters. The monoisotopic (exact) mass is 323 g/mol. The molecule has 3 nitrogen and oxygen atoms in total. The molecule has 1 aliphatic heterocycles. The van der Waals surface area contributed by atoms with Crippen LogP contribution in [-0.2, 0) is 13.5 Å². The number of hydrogen-bond acceptors (Lipinski definition) is 3. The molecule has 0 aliphatic carbocycles. The molecule has 2 aromatic rings. The Morgan fingerprint density at radius 1 is 1.50 bits per heavy atom. The lowest BCUT2D eigenvalue weighted by Gasteiger charge is -2.19. The summed E-state index contributed by atoms with van der Waals surface area (Å²) in [7, 11) is 1.94. The van der Waals surface area contributed by atoms with Gasteiger partial charge in [0.25, 0.3) is 0 Å². The molecule has 1 aromatic carbocycles. The molecule has 94 valence electrons. The van der Waals surface area contributed by atoms with Crippen LogP contribution in [0.4, 0.5) is 0 Å². The molecule has 1 aliphatic rings. The summed E-state index contributed by atoms with van der Waals surface area (Å²) < 4.78 is 2.85. The van der Waals surface area contributed by atoms with E-state index in [0.29, 0.717) is 5.25 Å². The first-order chi connectivity index (χ1) is 8.66. The van der Waals surface area contributed by atoms with Crippen molar-refractivity contribution in [1.82, 2.24) is 9.78 Å². The van der Waals surface area contributed by atoms with Gasteiger partial charge in [-0.2, -0.15) is 5.10 Å². The van der Waals surface area contributed by atoms with E-state index in [4.69, 9.17) is 5.73 Å². The molecule has 18 heavy (non-hydrogen) atoms. The Kier molecular flexibility index (Phi) is 3.21. The van der Waals surface area contributed by atoms with Crippen molar-refractivity contribution < 1.29 is 0 Å². The zero-order valence-corrected chi connectivity index (χ0v) is 12.4. The van der Waals surface area contributed by atoms with Crippen LogP contribution in [0, 0.1) is 0 Å². The predicted octanol–water partition coefficient (Wildman–Crippen LogP) is 2.90. The lowest BCUT2D eigenvalue weighted by molar-refractivity contribution is 0.596. The molecule has 0 saturated carbocycles. The normalized spacial score (nSPS) is 19.8. The van der Waals surface area contributed by atoms with E-state index < -0.39 is 0 Å². The summed E-state index contributed by atoms with van der Waals surface area (Å²) in [4.78, 5) is 1.36. The van der Waals surface area contributed by atoms with Gasteiger partial charge in [-0.15, -0.1) is 11.8 Å². The Morgan fingerprint density at radius 2 is 2.28 bits per heavy atom. The first-order valence-electron chi connectivity index (χ1n) is 5.84. The summed E-state index contributed by atoms with van der Waals surface area (Å²) >= 11 is 5.40. The Labute approximate surface area is 119 Å². The fraction of sp³-hybridized carbons (Fsp3) is 0.308. The molecule has 0 saturated heterocycles. The van der Waals surface area contributed by atoms with E-state index in [-0.39, 0.29) is 6.04 Å². The van der Waals surface area contributed by atoms with E-state index in [1.165, 1.54) is 10.5 Å². The quantitative estimate of drug-likeness (QED) is 0.924. The van der Waals surface area contributed by atoms with Gasteiger partial charge in [-0.1, -0.05) is 18.2 Å². The van der Waals surface area contributed by atoms with Crippen molar-refractivity contribution in [2.24, 2.45) is 12.8 Å². The lowest BCUT2D eigenvalue weighted by atomic mass is 10.0. The summed E-state index contributed by atoms with van der Waals surface area (Å²) in [6.45, 7) is 0. The number of benzene rings is 1. The molecule has 2 N–H and O–H groups in total. The Bertz CT molecular complexity index is 537. The maximum Gasteiger partial charge on any atom is 0.0701 e. The SMILES string of the molecule is Cn1ncc(Br)c1C(N)C1Cc2ccccc2S1. The van der Waals surface area contributed by atoms with Crippen molar-refractivity contribution in [2.75, 3.05) is 0 Å². The molecule has 2 heterocycles. The molecule has 0 fully saturated rings. The summed E-state index contributed by atoms with van der Waals surface area (Å²) in [5.41, 5.74) is 8.89. The van der Waals surface area contributed by atoms with Crippen LogP contribution in [0.1, 0.15) is 17.3 Å². The number of nitrogens with two attached hydrogens (primary N) is 1. The molecule has 0 radical (unpaired) electrons. The van der Waals surface area contributed by atoms with Gasteiger partial charge in [0, 0.05) is 17.2 Å². The number of halogens is 1. The second-order valence-corrected chi connectivity index (χ2v) is 6.63. The minimum absolute atomic E-state index is 0.00993. The average molecular weight is 324 g/mol. The highest BCUT2D eigenvalue weighted by atomic mass is 79.9. The van der Waals surface area contributed by atoms with E-state index in [1.807, 2.05) is 29.7 Å². The van der Waals surface area contributed by atoms with Gasteiger partial charge in [0.15, 0.2) is 0 Å². The minimum atomic E-state index is -0.00993. The first kappa shape index (κ1) is 12.3. The molecule has 3 rings (SSSR count). The minimum Gasteiger partial charge on any atom is -0.322 e. The van der Waals surface area contributed by atoms with Crippen LogP contribution in [0.5, 0.6) is 0 Å². The molecule has 0 amide bonds. The third kappa shape index (κ3) is 2.00. The summed E-state index contributed by atoms with van der Waals surface area (Å²) in [5.74, 6) is 0. The number of fused-ring (bicyclic) bond motifs is 1. The Morgan fingerprint density at radius 3 is 2.94 bits per heavy atom. The van der Waals surface area contributed by atoms with E-state index in [9.17, 15) is 0 Å². The van der Waals surface area contributed by atoms with Gasteiger partial charge < -0.3 is 5.73 Å². The van der Waals surface area contributed by atoms with Crippen molar-refractivity contribution >= 4 is 27.7 Å². The van der Waals surface area contributed by atoms with Crippen LogP contribution < -0.4 is 5.73 Å². The number of aryl methyl sites for hydroxylation is 1. The fourth-order valence-corrected chi connectivity index (χ4v) is 4.32. The third-order valence-electron chi connectivity index (χ3n) is 3.33. The Hall–Kier alpha value is -0.780. The van der Waals surface area contributed by atoms with Gasteiger partial charge in [-0.05, 0) is 34.0 Å². The van der Waals surface area contributed by atoms with Crippen LogP contribution in [0.3, 0.4) is 0 Å². The van der Waals surface area contributed by atoms with Crippen LogP contribution >= 0.6 is 27.7 Å². The molecular formula is C13H14BrN3S. The topological polar surface area (TPSA) is 43.8 Å². The maximum absolute atomic E-state index is 6.41. The second kappa shape index (κ2) is 4.72. The van der Waals surface area contributed by atoms with Crippen molar-refractivity contribution in [1.29, 1.82) is 0 Å². The molecule has 2 unspecified atom stereocenters. The number of hydrogen-bond donors (Lipinski definition) is 1. The highest BCUT2D eigenvalue weighted by Gasteiger charge is 2.30. The van der Waals surface area contributed by atoms with Crippen molar-refractivity contribution in [3.8, 4) is 0 Å². The third-order valence-corrected chi connectivity index (χ3v) is 5.35. The van der Waals surface area contributed by atoms with E-state index >= 15 is 0 Å². The lowest BCUT2D eigenvalue weighted by Crippen LogP contribution is -2.26. The Balaban J connectivity index is 1.87. The zero-order valence-electron chi connectivity index (χ0n) is 10.0. The first-order valence-corrected chi connectivity index (χ1v) is 7.51. The van der Waals surface area contributed by atoms with Gasteiger partial charge in [-0.3, -0.25) is 4.68 Å². The van der Waals surface area contributed by atoms with Gasteiger partial charge >= 0.3 is 0 Å². The van der Waals surface area contributed by atoms with Gasteiger partial charge in [-0.25, -0.2) is 0 Å². The van der Waals surface area contributed by atoms with Crippen LogP contribution in [0.2, 0.25) is 0 Å². The van der Waals surface area contributed by atoms with Crippen molar-refractivity contribution in [3.05, 3.63) is 46.2 Å². The van der Waals surface area contributed by atoms with E-state index in [0.717, 1.165) is 16.6 Å². The van der Waals surface area contributed by atoms with E-state index in [2.05, 4.69) is 45.3 Å². The highest BCUT2D eigenvalue weighted by Crippen LogP contribution is 2.42. The summed E-state index contributed by atoms with van der Waals surface area (Å²) in [6.07, 6.45) is 2.83. The van der Waals surface area contributed by atoms with Crippen molar-refractivity contribution in [3.63, 3.8) is 0 Å². The van der Waals surface area contributed by atoms with E-state index in [1.54, 1.807) is 0 Å². The molecule has 0 bridgehead atoms. The summed E-state index contributed by atoms with van der Waals surface area (Å²) in [6, 6.07) is 8.52. The fourth-order valence-electron chi connectivity index (χ4n) is 2.38. The zero-order chi connectivity index (χ0) is 12.7. The smallest absolute Gasteiger partial charge is 0.0701 e. The molecular weight excluding hydrogens is 310 g/mol. The van der Waals surface area contributed by atoms with Crippen LogP contribution in [0.15, 0.2) is 39.8 Å². The summed E-state index contributed by atoms with van der Waals surface area (Å²) in [5, 5.41) is 4.62. The molecule has 5 heteroatoms. The van der Waals surface area contributed by atoms with Crippen LogP contribution in [0.25, 0.3) is 0 Å². The van der Waals surface area contributed by atoms with Gasteiger partial charge in [0.2, 0.25) is 0 Å². The standard InChI is InChI=1S/C13H14BrN3S/c1-17-13(9(14)7-16-17)12(15)11-6-8-4-2-3-5-10(8)18-11/h2-5,7,11-12H,6,15H2,1H3. The van der Waals surface area contributed by atoms with Gasteiger partial charge in [0.1, 0.15) is 0 Å². The predicted molar refractivity (Wildman–Crippen MR) is 77.6 cm³/mol. The largest absolute Gasteiger partial charge is 0.322 e. The average Bonchev–Trinajstić information content (AvgIpc) is 2.92.